The average molecular weight is 291 g/mol. The number of amides is 1. The van der Waals surface area contributed by atoms with E-state index in [0.29, 0.717) is 0 Å². The number of carbonyl (C=O) groups is 2. The molecule has 1 aliphatic rings. The van der Waals surface area contributed by atoms with E-state index in [2.05, 4.69) is 4.74 Å². The normalized spacial score (nSPS) is 27.1. The molecule has 20 heavy (non-hydrogen) atoms. The Morgan fingerprint density at radius 3 is 2.50 bits per heavy atom. The average Bonchev–Trinajstić information content (AvgIpc) is 2.35. The number of nitrogens with zero attached hydrogens (tertiary/aromatic N) is 1. The molecule has 1 rings (SSSR count). The summed E-state index contributed by atoms with van der Waals surface area (Å²) in [5.74, 6) is -0.717. The van der Waals surface area contributed by atoms with Crippen molar-refractivity contribution in [1.82, 2.24) is 4.90 Å². The molecule has 1 amide bonds. The van der Waals surface area contributed by atoms with E-state index in [-0.39, 0.29) is 19.4 Å². The van der Waals surface area contributed by atoms with E-state index in [4.69, 9.17) is 9.84 Å². The van der Waals surface area contributed by atoms with Crippen LogP contribution >= 0.6 is 0 Å². The lowest BCUT2D eigenvalue weighted by Crippen LogP contribution is -2.56. The molecule has 0 radical (unpaired) electrons. The minimum absolute atomic E-state index is 0.00819. The van der Waals surface area contributed by atoms with E-state index in [1.54, 1.807) is 20.8 Å². The molecule has 0 aromatic rings. The zero-order chi connectivity index (χ0) is 15.6. The molecule has 0 spiro atoms. The Labute approximate surface area is 117 Å². The van der Waals surface area contributed by atoms with Gasteiger partial charge in [0.25, 0.3) is 0 Å². The van der Waals surface area contributed by atoms with E-state index in [9.17, 15) is 14.0 Å². The van der Waals surface area contributed by atoms with Crippen molar-refractivity contribution in [2.24, 2.45) is 0 Å². The highest BCUT2D eigenvalue weighted by Gasteiger charge is 2.46. The number of halogens is 1. The summed E-state index contributed by atoms with van der Waals surface area (Å²) in [5.41, 5.74) is -2.59. The van der Waals surface area contributed by atoms with Crippen LogP contribution in [0.15, 0.2) is 0 Å². The molecule has 7 heteroatoms. The van der Waals surface area contributed by atoms with Gasteiger partial charge in [0.2, 0.25) is 0 Å². The topological polar surface area (TPSA) is 76.1 Å². The van der Waals surface area contributed by atoms with Crippen molar-refractivity contribution in [2.75, 3.05) is 20.3 Å². The molecular formula is C13H22FNO5. The van der Waals surface area contributed by atoms with Crippen molar-refractivity contribution in [3.05, 3.63) is 0 Å². The predicted molar refractivity (Wildman–Crippen MR) is 68.9 cm³/mol. The van der Waals surface area contributed by atoms with Gasteiger partial charge in [0.05, 0.1) is 13.7 Å². The van der Waals surface area contributed by atoms with E-state index >= 15 is 0 Å². The van der Waals surface area contributed by atoms with Crippen LogP contribution < -0.4 is 0 Å². The first kappa shape index (κ1) is 16.7. The number of rotatable bonds is 2. The largest absolute Gasteiger partial charge is 0.467 e. The fraction of sp³-hybridized carbons (Fsp3) is 0.846. The number of aliphatic hydroxyl groups is 1. The first-order chi connectivity index (χ1) is 9.12. The maximum atomic E-state index is 14.2. The minimum Gasteiger partial charge on any atom is -0.467 e. The fourth-order valence-electron chi connectivity index (χ4n) is 2.06. The Hall–Kier alpha value is -1.37. The minimum atomic E-state index is -1.88. The maximum absolute atomic E-state index is 14.2. The van der Waals surface area contributed by atoms with Gasteiger partial charge in [0, 0.05) is 19.4 Å². The van der Waals surface area contributed by atoms with Crippen LogP contribution in [0.4, 0.5) is 9.18 Å². The van der Waals surface area contributed by atoms with Crippen molar-refractivity contribution < 1.29 is 28.6 Å². The van der Waals surface area contributed by atoms with Gasteiger partial charge in [-0.3, -0.25) is 4.90 Å². The van der Waals surface area contributed by atoms with Crippen molar-refractivity contribution in [1.29, 1.82) is 0 Å². The van der Waals surface area contributed by atoms with Crippen LogP contribution in [-0.4, -0.2) is 59.6 Å². The summed E-state index contributed by atoms with van der Waals surface area (Å²) < 4.78 is 24.0. The van der Waals surface area contributed by atoms with Crippen LogP contribution in [0.25, 0.3) is 0 Å². The predicted octanol–water partition coefficient (Wildman–Crippen LogP) is 1.26. The first-order valence-corrected chi connectivity index (χ1v) is 6.49. The molecule has 1 N–H and O–H groups in total. The molecule has 0 aromatic heterocycles. The van der Waals surface area contributed by atoms with E-state index in [1.165, 1.54) is 7.11 Å². The fourth-order valence-corrected chi connectivity index (χ4v) is 2.06. The summed E-state index contributed by atoms with van der Waals surface area (Å²) in [4.78, 5) is 24.9. The monoisotopic (exact) mass is 291 g/mol. The highest BCUT2D eigenvalue weighted by atomic mass is 19.1. The second kappa shape index (κ2) is 5.95. The van der Waals surface area contributed by atoms with Crippen LogP contribution in [0.2, 0.25) is 0 Å². The highest BCUT2D eigenvalue weighted by Crippen LogP contribution is 2.31. The summed E-state index contributed by atoms with van der Waals surface area (Å²) in [7, 11) is 1.17. The van der Waals surface area contributed by atoms with Crippen molar-refractivity contribution in [3.8, 4) is 0 Å². The second-order valence-corrected chi connectivity index (χ2v) is 5.98. The van der Waals surface area contributed by atoms with Gasteiger partial charge in [-0.15, -0.1) is 0 Å². The molecule has 1 heterocycles. The number of hydrogen-bond donors (Lipinski definition) is 1. The number of likely N-dealkylation sites (tertiary alicyclic amines) is 1. The number of alkyl halides is 1. The quantitative estimate of drug-likeness (QED) is 0.775. The Morgan fingerprint density at radius 1 is 1.45 bits per heavy atom. The summed E-state index contributed by atoms with van der Waals surface area (Å²) >= 11 is 0. The van der Waals surface area contributed by atoms with Crippen LogP contribution in [0.3, 0.4) is 0 Å². The molecule has 116 valence electrons. The molecule has 1 aliphatic heterocycles. The summed E-state index contributed by atoms with van der Waals surface area (Å²) in [5, 5.41) is 9.07. The lowest BCUT2D eigenvalue weighted by atomic mass is 9.89. The van der Waals surface area contributed by atoms with Crippen LogP contribution in [0, 0.1) is 0 Å². The SMILES string of the molecule is COC(=O)C1C[C@](F)(CO)CCN1C(=O)OC(C)(C)C. The van der Waals surface area contributed by atoms with Gasteiger partial charge in [-0.2, -0.15) is 0 Å². The lowest BCUT2D eigenvalue weighted by Gasteiger charge is -2.40. The number of methoxy groups -OCH3 is 1. The van der Waals surface area contributed by atoms with Crippen molar-refractivity contribution in [2.45, 2.75) is 50.9 Å². The number of carbonyl (C=O) groups excluding carboxylic acids is 2. The lowest BCUT2D eigenvalue weighted by molar-refractivity contribution is -0.151. The van der Waals surface area contributed by atoms with E-state index in [0.717, 1.165) is 4.90 Å². The van der Waals surface area contributed by atoms with Crippen LogP contribution in [-0.2, 0) is 14.3 Å². The van der Waals surface area contributed by atoms with Crippen molar-refractivity contribution in [3.63, 3.8) is 0 Å². The van der Waals surface area contributed by atoms with Gasteiger partial charge in [0.15, 0.2) is 0 Å². The third-order valence-electron chi connectivity index (χ3n) is 3.12. The Morgan fingerprint density at radius 2 is 2.05 bits per heavy atom. The summed E-state index contributed by atoms with van der Waals surface area (Å²) in [6.45, 7) is 4.41. The van der Waals surface area contributed by atoms with E-state index in [1.807, 2.05) is 0 Å². The van der Waals surface area contributed by atoms with Crippen LogP contribution in [0.5, 0.6) is 0 Å². The van der Waals surface area contributed by atoms with Crippen molar-refractivity contribution >= 4 is 12.1 Å². The van der Waals surface area contributed by atoms with Gasteiger partial charge in [-0.05, 0) is 20.8 Å². The zero-order valence-corrected chi connectivity index (χ0v) is 12.3. The molecule has 1 unspecified atom stereocenters. The van der Waals surface area contributed by atoms with Gasteiger partial charge in [-0.1, -0.05) is 0 Å². The number of aliphatic hydroxyl groups excluding tert-OH is 1. The molecule has 6 nitrogen and oxygen atoms in total. The van der Waals surface area contributed by atoms with E-state index < -0.39 is 36.0 Å². The van der Waals surface area contributed by atoms with Gasteiger partial charge in [0.1, 0.15) is 17.3 Å². The summed E-state index contributed by atoms with van der Waals surface area (Å²) in [6.07, 6.45) is -1.03. The highest BCUT2D eigenvalue weighted by molar-refractivity contribution is 5.82. The molecule has 0 bridgehead atoms. The van der Waals surface area contributed by atoms with Gasteiger partial charge in [-0.25, -0.2) is 14.0 Å². The second-order valence-electron chi connectivity index (χ2n) is 5.98. The third-order valence-corrected chi connectivity index (χ3v) is 3.12. The Kier molecular flexibility index (Phi) is 4.96. The number of ether oxygens (including phenoxy) is 2. The molecule has 1 saturated heterocycles. The molecule has 0 aliphatic carbocycles. The first-order valence-electron chi connectivity index (χ1n) is 6.49. The third kappa shape index (κ3) is 4.06. The number of esters is 1. The van der Waals surface area contributed by atoms with Gasteiger partial charge < -0.3 is 14.6 Å². The Bertz CT molecular complexity index is 381. The standard InChI is InChI=1S/C13H22FNO5/c1-12(2,3)20-11(18)15-6-5-13(14,8-16)7-9(15)10(17)19-4/h9,16H,5-8H2,1-4H3/t9?,13-/m0/s1. The molecule has 2 atom stereocenters. The Balaban J connectivity index is 2.89. The van der Waals surface area contributed by atoms with Gasteiger partial charge >= 0.3 is 12.1 Å². The maximum Gasteiger partial charge on any atom is 0.411 e. The number of hydrogen-bond acceptors (Lipinski definition) is 5. The zero-order valence-electron chi connectivity index (χ0n) is 12.3. The summed E-state index contributed by atoms with van der Waals surface area (Å²) in [6, 6.07) is -1.08. The molecular weight excluding hydrogens is 269 g/mol. The molecule has 1 fully saturated rings. The molecule has 0 aromatic carbocycles. The number of piperidine rings is 1. The molecule has 0 saturated carbocycles. The smallest absolute Gasteiger partial charge is 0.411 e. The van der Waals surface area contributed by atoms with Crippen LogP contribution in [0.1, 0.15) is 33.6 Å².